The Morgan fingerprint density at radius 2 is 1.65 bits per heavy atom. The summed E-state index contributed by atoms with van der Waals surface area (Å²) in [6, 6.07) is 11.7. The van der Waals surface area contributed by atoms with Crippen molar-refractivity contribution in [1.82, 2.24) is 0 Å². The highest BCUT2D eigenvalue weighted by Crippen LogP contribution is 2.28. The molecule has 2 rings (SSSR count). The smallest absolute Gasteiger partial charge is 0.277 e. The van der Waals surface area contributed by atoms with Crippen LogP contribution in [0.15, 0.2) is 53.6 Å². The average Bonchev–Trinajstić information content (AvgIpc) is 2.40. The predicted octanol–water partition coefficient (Wildman–Crippen LogP) is 4.80. The summed E-state index contributed by atoms with van der Waals surface area (Å²) in [5.74, 6) is 0. The van der Waals surface area contributed by atoms with E-state index in [1.807, 2.05) is 0 Å². The molecule has 20 heavy (non-hydrogen) atoms. The number of nitrogens with zero attached hydrogens (tertiary/aromatic N) is 1. The summed E-state index contributed by atoms with van der Waals surface area (Å²) in [5, 5.41) is 4.44. The molecule has 0 heterocycles. The van der Waals surface area contributed by atoms with Crippen LogP contribution in [-0.2, 0) is 6.18 Å². The van der Waals surface area contributed by atoms with E-state index in [1.165, 1.54) is 18.3 Å². The monoisotopic (exact) mass is 298 g/mol. The van der Waals surface area contributed by atoms with Crippen molar-refractivity contribution >= 4 is 23.5 Å². The fraction of sp³-hybridized carbons (Fsp3) is 0.0714. The van der Waals surface area contributed by atoms with Crippen LogP contribution >= 0.6 is 11.6 Å². The van der Waals surface area contributed by atoms with Gasteiger partial charge in [0, 0.05) is 0 Å². The largest absolute Gasteiger partial charge is 0.416 e. The summed E-state index contributed by atoms with van der Waals surface area (Å²) in [7, 11) is 0. The van der Waals surface area contributed by atoms with E-state index in [-0.39, 0.29) is 0 Å². The SMILES string of the molecule is FC(F)(F)c1ccc(/C=N\Nc2ccccc2Cl)cc1. The van der Waals surface area contributed by atoms with E-state index < -0.39 is 11.7 Å². The predicted molar refractivity (Wildman–Crippen MR) is 74.1 cm³/mol. The third-order valence-electron chi connectivity index (χ3n) is 2.51. The number of para-hydroxylation sites is 1. The lowest BCUT2D eigenvalue weighted by atomic mass is 10.1. The Balaban J connectivity index is 2.04. The molecular weight excluding hydrogens is 289 g/mol. The molecule has 0 aromatic heterocycles. The lowest BCUT2D eigenvalue weighted by Crippen LogP contribution is -2.04. The van der Waals surface area contributed by atoms with Gasteiger partial charge in [-0.1, -0.05) is 35.9 Å². The molecule has 0 saturated carbocycles. The number of halogens is 4. The molecular formula is C14H10ClF3N2. The Morgan fingerprint density at radius 1 is 1.00 bits per heavy atom. The van der Waals surface area contributed by atoms with Gasteiger partial charge in [0.15, 0.2) is 0 Å². The normalized spacial score (nSPS) is 11.8. The highest BCUT2D eigenvalue weighted by molar-refractivity contribution is 6.33. The Kier molecular flexibility index (Phi) is 4.29. The zero-order valence-corrected chi connectivity index (χ0v) is 10.9. The first-order valence-corrected chi connectivity index (χ1v) is 6.05. The Bertz CT molecular complexity index is 607. The topological polar surface area (TPSA) is 24.4 Å². The van der Waals surface area contributed by atoms with E-state index in [9.17, 15) is 13.2 Å². The van der Waals surface area contributed by atoms with Crippen molar-refractivity contribution < 1.29 is 13.2 Å². The van der Waals surface area contributed by atoms with Crippen LogP contribution in [0.25, 0.3) is 0 Å². The molecule has 0 saturated heterocycles. The number of hydrogen-bond acceptors (Lipinski definition) is 2. The van der Waals surface area contributed by atoms with Crippen molar-refractivity contribution in [3.8, 4) is 0 Å². The minimum atomic E-state index is -4.33. The molecule has 0 spiro atoms. The fourth-order valence-corrected chi connectivity index (χ4v) is 1.66. The molecule has 104 valence electrons. The molecule has 2 nitrogen and oxygen atoms in total. The average molecular weight is 299 g/mol. The van der Waals surface area contributed by atoms with Gasteiger partial charge in [-0.15, -0.1) is 0 Å². The minimum absolute atomic E-state index is 0.511. The van der Waals surface area contributed by atoms with Crippen molar-refractivity contribution in [2.24, 2.45) is 5.10 Å². The zero-order valence-electron chi connectivity index (χ0n) is 10.2. The quantitative estimate of drug-likeness (QED) is 0.638. The maximum Gasteiger partial charge on any atom is 0.416 e. The Morgan fingerprint density at radius 3 is 2.25 bits per heavy atom. The van der Waals surface area contributed by atoms with Crippen LogP contribution in [0.3, 0.4) is 0 Å². The van der Waals surface area contributed by atoms with Crippen LogP contribution in [0, 0.1) is 0 Å². The summed E-state index contributed by atoms with van der Waals surface area (Å²) in [6.07, 6.45) is -2.91. The first kappa shape index (κ1) is 14.4. The molecule has 0 atom stereocenters. The van der Waals surface area contributed by atoms with Crippen molar-refractivity contribution in [3.05, 3.63) is 64.7 Å². The molecule has 0 aliphatic rings. The first-order valence-electron chi connectivity index (χ1n) is 5.68. The molecule has 0 aliphatic heterocycles. The molecule has 1 N–H and O–H groups in total. The number of anilines is 1. The van der Waals surface area contributed by atoms with Crippen LogP contribution in [0.5, 0.6) is 0 Å². The molecule has 2 aromatic carbocycles. The lowest BCUT2D eigenvalue weighted by molar-refractivity contribution is -0.137. The van der Waals surface area contributed by atoms with Gasteiger partial charge < -0.3 is 0 Å². The summed E-state index contributed by atoms with van der Waals surface area (Å²) >= 11 is 5.92. The highest BCUT2D eigenvalue weighted by Gasteiger charge is 2.29. The Hall–Kier alpha value is -2.01. The second kappa shape index (κ2) is 5.96. The van der Waals surface area contributed by atoms with E-state index in [1.54, 1.807) is 24.3 Å². The van der Waals surface area contributed by atoms with Gasteiger partial charge >= 0.3 is 6.18 Å². The van der Waals surface area contributed by atoms with Gasteiger partial charge in [-0.05, 0) is 29.8 Å². The fourth-order valence-electron chi connectivity index (χ4n) is 1.49. The van der Waals surface area contributed by atoms with Crippen molar-refractivity contribution in [3.63, 3.8) is 0 Å². The molecule has 0 radical (unpaired) electrons. The second-order valence-electron chi connectivity index (χ2n) is 3.97. The van der Waals surface area contributed by atoms with Gasteiger partial charge in [0.1, 0.15) is 0 Å². The number of benzene rings is 2. The lowest BCUT2D eigenvalue weighted by Gasteiger charge is -2.06. The molecule has 0 amide bonds. The number of hydrogen-bond donors (Lipinski definition) is 1. The van der Waals surface area contributed by atoms with E-state index >= 15 is 0 Å². The van der Waals surface area contributed by atoms with Gasteiger partial charge in [0.2, 0.25) is 0 Å². The molecule has 6 heteroatoms. The molecule has 0 aliphatic carbocycles. The van der Waals surface area contributed by atoms with E-state index in [0.717, 1.165) is 12.1 Å². The summed E-state index contributed by atoms with van der Waals surface area (Å²) < 4.78 is 37.1. The van der Waals surface area contributed by atoms with E-state index in [2.05, 4.69) is 10.5 Å². The maximum absolute atomic E-state index is 12.4. The standard InChI is InChI=1S/C14H10ClF3N2/c15-12-3-1-2-4-13(12)20-19-9-10-5-7-11(8-6-10)14(16,17)18/h1-9,20H/b19-9-. The number of alkyl halides is 3. The second-order valence-corrected chi connectivity index (χ2v) is 4.38. The summed E-state index contributed by atoms with van der Waals surface area (Å²) in [4.78, 5) is 0. The highest BCUT2D eigenvalue weighted by atomic mass is 35.5. The number of nitrogens with one attached hydrogen (secondary N) is 1. The number of rotatable bonds is 3. The molecule has 0 bridgehead atoms. The van der Waals surface area contributed by atoms with Crippen molar-refractivity contribution in [1.29, 1.82) is 0 Å². The van der Waals surface area contributed by atoms with Crippen LogP contribution in [-0.4, -0.2) is 6.21 Å². The van der Waals surface area contributed by atoms with E-state index in [4.69, 9.17) is 11.6 Å². The maximum atomic E-state index is 12.4. The van der Waals surface area contributed by atoms with E-state index in [0.29, 0.717) is 16.3 Å². The third kappa shape index (κ3) is 3.74. The molecule has 0 unspecified atom stereocenters. The zero-order chi connectivity index (χ0) is 14.6. The van der Waals surface area contributed by atoms with Crippen LogP contribution in [0.4, 0.5) is 18.9 Å². The van der Waals surface area contributed by atoms with Crippen LogP contribution in [0.2, 0.25) is 5.02 Å². The molecule has 2 aromatic rings. The van der Waals surface area contributed by atoms with Crippen LogP contribution in [0.1, 0.15) is 11.1 Å². The third-order valence-corrected chi connectivity index (χ3v) is 2.84. The first-order chi connectivity index (χ1) is 9.47. The summed E-state index contributed by atoms with van der Waals surface area (Å²) in [5.41, 5.74) is 3.21. The Labute approximate surface area is 118 Å². The van der Waals surface area contributed by atoms with Crippen molar-refractivity contribution in [2.75, 3.05) is 5.43 Å². The van der Waals surface area contributed by atoms with Gasteiger partial charge in [-0.25, -0.2) is 0 Å². The number of hydrazone groups is 1. The van der Waals surface area contributed by atoms with Crippen molar-refractivity contribution in [2.45, 2.75) is 6.18 Å². The van der Waals surface area contributed by atoms with Gasteiger partial charge in [0.25, 0.3) is 0 Å². The molecule has 0 fully saturated rings. The van der Waals surface area contributed by atoms with Gasteiger partial charge in [0.05, 0.1) is 22.5 Å². The van der Waals surface area contributed by atoms with Gasteiger partial charge in [-0.3, -0.25) is 5.43 Å². The van der Waals surface area contributed by atoms with Crippen LogP contribution < -0.4 is 5.43 Å². The summed E-state index contributed by atoms with van der Waals surface area (Å²) in [6.45, 7) is 0. The van der Waals surface area contributed by atoms with Gasteiger partial charge in [-0.2, -0.15) is 18.3 Å². The minimum Gasteiger partial charge on any atom is -0.277 e.